The normalized spacial score (nSPS) is 11.5. The van der Waals surface area contributed by atoms with Gasteiger partial charge in [-0.3, -0.25) is 4.79 Å². The molecule has 0 aromatic heterocycles. The van der Waals surface area contributed by atoms with Crippen LogP contribution in [0, 0.1) is 0 Å². The maximum atomic E-state index is 12.8. The van der Waals surface area contributed by atoms with Crippen molar-refractivity contribution in [2.24, 2.45) is 5.10 Å². The predicted octanol–water partition coefficient (Wildman–Crippen LogP) is 1.19. The van der Waals surface area contributed by atoms with Crippen molar-refractivity contribution in [3.8, 4) is 23.0 Å². The maximum Gasteiger partial charge on any atom is 0.255 e. The average Bonchev–Trinajstić information content (AvgIpc) is 2.74. The highest BCUT2D eigenvalue weighted by molar-refractivity contribution is 7.89. The number of hydrazone groups is 1. The van der Waals surface area contributed by atoms with Gasteiger partial charge in [0.05, 0.1) is 34.1 Å². The number of hydrogen-bond acceptors (Lipinski definition) is 8. The highest BCUT2D eigenvalue weighted by Gasteiger charge is 2.27. The van der Waals surface area contributed by atoms with E-state index in [0.29, 0.717) is 11.3 Å². The summed E-state index contributed by atoms with van der Waals surface area (Å²) in [7, 11) is 1.41. The molecule has 2 aromatic carbocycles. The third-order valence-corrected chi connectivity index (χ3v) is 5.86. The van der Waals surface area contributed by atoms with E-state index in [1.54, 1.807) is 12.1 Å². The Balaban J connectivity index is 2.08. The van der Waals surface area contributed by atoms with Gasteiger partial charge < -0.3 is 19.3 Å². The fourth-order valence-corrected chi connectivity index (χ4v) is 3.72. The van der Waals surface area contributed by atoms with Gasteiger partial charge in [0.2, 0.25) is 10.0 Å². The fourth-order valence-electron chi connectivity index (χ4n) is 2.43. The van der Waals surface area contributed by atoms with Crippen molar-refractivity contribution in [3.05, 3.63) is 42.0 Å². The first-order valence-corrected chi connectivity index (χ1v) is 10.0. The average molecular weight is 437 g/mol. The molecule has 2 N–H and O–H groups in total. The number of carbonyl (C=O) groups excluding carboxylic acids is 1. The fraction of sp³-hybridized carbons (Fsp3) is 0.263. The molecule has 162 valence electrons. The number of rotatable bonds is 9. The molecule has 0 aliphatic rings. The Labute approximate surface area is 174 Å². The van der Waals surface area contributed by atoms with Crippen molar-refractivity contribution < 1.29 is 32.5 Å². The van der Waals surface area contributed by atoms with Gasteiger partial charge in [-0.2, -0.15) is 9.41 Å². The van der Waals surface area contributed by atoms with Crippen LogP contribution in [0.4, 0.5) is 0 Å². The monoisotopic (exact) mass is 437 g/mol. The summed E-state index contributed by atoms with van der Waals surface area (Å²) < 4.78 is 41.7. The number of methoxy groups -OCH3 is 3. The summed E-state index contributed by atoms with van der Waals surface area (Å²) in [4.78, 5) is 12.0. The lowest BCUT2D eigenvalue weighted by Crippen LogP contribution is -2.36. The van der Waals surface area contributed by atoms with E-state index in [1.165, 1.54) is 58.9 Å². The maximum absolute atomic E-state index is 12.8. The highest BCUT2D eigenvalue weighted by Crippen LogP contribution is 2.30. The molecule has 10 nitrogen and oxygen atoms in total. The number of aromatic hydroxyl groups is 1. The van der Waals surface area contributed by atoms with Crippen LogP contribution in [0.25, 0.3) is 0 Å². The number of amides is 1. The van der Waals surface area contributed by atoms with Gasteiger partial charge in [0.15, 0.2) is 11.5 Å². The van der Waals surface area contributed by atoms with Crippen LogP contribution in [-0.4, -0.2) is 64.9 Å². The number of ether oxygens (including phenoxy) is 3. The van der Waals surface area contributed by atoms with Crippen LogP contribution >= 0.6 is 0 Å². The molecule has 0 aliphatic carbocycles. The second-order valence-corrected chi connectivity index (χ2v) is 8.02. The first kappa shape index (κ1) is 23.0. The minimum absolute atomic E-state index is 0.0292. The smallest absolute Gasteiger partial charge is 0.255 e. The summed E-state index contributed by atoms with van der Waals surface area (Å²) in [6.45, 7) is -0.473. The third-order valence-electron chi connectivity index (χ3n) is 4.03. The van der Waals surface area contributed by atoms with Gasteiger partial charge in [0.1, 0.15) is 16.4 Å². The molecule has 0 saturated carbocycles. The molecule has 0 aliphatic heterocycles. The molecule has 0 radical (unpaired) electrons. The Morgan fingerprint density at radius 3 is 2.43 bits per heavy atom. The van der Waals surface area contributed by atoms with Crippen LogP contribution in [0.2, 0.25) is 0 Å². The molecule has 30 heavy (non-hydrogen) atoms. The zero-order chi connectivity index (χ0) is 22.3. The zero-order valence-corrected chi connectivity index (χ0v) is 17.8. The molecule has 0 heterocycles. The van der Waals surface area contributed by atoms with Crippen LogP contribution in [0.3, 0.4) is 0 Å². The molecule has 11 heteroatoms. The van der Waals surface area contributed by atoms with E-state index >= 15 is 0 Å². The first-order chi connectivity index (χ1) is 14.2. The van der Waals surface area contributed by atoms with Crippen LogP contribution in [-0.2, 0) is 14.8 Å². The van der Waals surface area contributed by atoms with Crippen molar-refractivity contribution in [3.63, 3.8) is 0 Å². The topological polar surface area (TPSA) is 127 Å². The van der Waals surface area contributed by atoms with Crippen molar-refractivity contribution in [1.29, 1.82) is 0 Å². The Kier molecular flexibility index (Phi) is 7.61. The second kappa shape index (κ2) is 9.94. The first-order valence-electron chi connectivity index (χ1n) is 8.60. The number of nitrogens with zero attached hydrogens (tertiary/aromatic N) is 2. The molecule has 2 rings (SSSR count). The van der Waals surface area contributed by atoms with Crippen LogP contribution < -0.4 is 19.6 Å². The minimum Gasteiger partial charge on any atom is -0.504 e. The number of hydrogen-bond donors (Lipinski definition) is 2. The largest absolute Gasteiger partial charge is 0.504 e. The quantitative estimate of drug-likeness (QED) is 0.446. The van der Waals surface area contributed by atoms with E-state index in [4.69, 9.17) is 14.2 Å². The van der Waals surface area contributed by atoms with Gasteiger partial charge in [-0.15, -0.1) is 0 Å². The Morgan fingerprint density at radius 2 is 1.80 bits per heavy atom. The van der Waals surface area contributed by atoms with Gasteiger partial charge in [0.25, 0.3) is 5.91 Å². The van der Waals surface area contributed by atoms with Gasteiger partial charge in [-0.05, 0) is 35.9 Å². The van der Waals surface area contributed by atoms with Gasteiger partial charge >= 0.3 is 0 Å². The van der Waals surface area contributed by atoms with Crippen LogP contribution in [0.15, 0.2) is 46.4 Å². The lowest BCUT2D eigenvalue weighted by molar-refractivity contribution is -0.121. The van der Waals surface area contributed by atoms with E-state index in [9.17, 15) is 18.3 Å². The lowest BCUT2D eigenvalue weighted by atomic mass is 10.2. The summed E-state index contributed by atoms with van der Waals surface area (Å²) in [5.41, 5.74) is 2.82. The minimum atomic E-state index is -4.03. The predicted molar refractivity (Wildman–Crippen MR) is 110 cm³/mol. The van der Waals surface area contributed by atoms with E-state index < -0.39 is 22.5 Å². The van der Waals surface area contributed by atoms with Gasteiger partial charge in [0, 0.05) is 13.1 Å². The molecule has 0 atom stereocenters. The van der Waals surface area contributed by atoms with Crippen molar-refractivity contribution >= 4 is 22.1 Å². The SMILES string of the molecule is COc1ccc(OC)c(S(=O)(=O)N(C)CC(=O)N/N=C/c2ccc(O)c(OC)c2)c1. The summed E-state index contributed by atoms with van der Waals surface area (Å²) in [6.07, 6.45) is 1.33. The number of likely N-dealkylation sites (N-methyl/N-ethyl adjacent to an activating group) is 1. The van der Waals surface area contributed by atoms with Crippen molar-refractivity contribution in [1.82, 2.24) is 9.73 Å². The van der Waals surface area contributed by atoms with Crippen LogP contribution in [0.5, 0.6) is 23.0 Å². The molecule has 0 bridgehead atoms. The molecular formula is C19H23N3O7S. The lowest BCUT2D eigenvalue weighted by Gasteiger charge is -2.18. The molecule has 2 aromatic rings. The summed E-state index contributed by atoms with van der Waals surface area (Å²) in [5.74, 6) is 0.0373. The van der Waals surface area contributed by atoms with E-state index in [2.05, 4.69) is 10.5 Å². The van der Waals surface area contributed by atoms with E-state index in [0.717, 1.165) is 4.31 Å². The highest BCUT2D eigenvalue weighted by atomic mass is 32.2. The Morgan fingerprint density at radius 1 is 1.10 bits per heavy atom. The second-order valence-electron chi connectivity index (χ2n) is 6.00. The van der Waals surface area contributed by atoms with Gasteiger partial charge in [-0.1, -0.05) is 0 Å². The number of carbonyl (C=O) groups is 1. The Bertz CT molecular complexity index is 1040. The molecule has 0 saturated heterocycles. The zero-order valence-electron chi connectivity index (χ0n) is 16.9. The number of phenols is 1. The molecule has 0 fully saturated rings. The molecule has 1 amide bonds. The van der Waals surface area contributed by atoms with E-state index in [-0.39, 0.29) is 22.1 Å². The number of phenolic OH excluding ortho intramolecular Hbond substituents is 1. The van der Waals surface area contributed by atoms with Crippen molar-refractivity contribution in [2.75, 3.05) is 34.9 Å². The number of sulfonamides is 1. The van der Waals surface area contributed by atoms with Crippen molar-refractivity contribution in [2.45, 2.75) is 4.90 Å². The summed E-state index contributed by atoms with van der Waals surface area (Å²) >= 11 is 0. The summed E-state index contributed by atoms with van der Waals surface area (Å²) in [5, 5.41) is 13.4. The third kappa shape index (κ3) is 5.39. The summed E-state index contributed by atoms with van der Waals surface area (Å²) in [6, 6.07) is 8.87. The van der Waals surface area contributed by atoms with Crippen LogP contribution in [0.1, 0.15) is 5.56 Å². The molecule has 0 unspecified atom stereocenters. The van der Waals surface area contributed by atoms with E-state index in [1.807, 2.05) is 0 Å². The Hall–Kier alpha value is -3.31. The number of nitrogens with one attached hydrogen (secondary N) is 1. The molecule has 0 spiro atoms. The van der Waals surface area contributed by atoms with Gasteiger partial charge in [-0.25, -0.2) is 13.8 Å². The number of benzene rings is 2. The molecular weight excluding hydrogens is 414 g/mol. The standard InChI is InChI=1S/C19H23N3O7S/c1-22(30(25,26)18-10-14(27-2)6-8-16(18)28-3)12-19(24)21-20-11-13-5-7-15(23)17(9-13)29-4/h5-11,23H,12H2,1-4H3,(H,21,24)/b20-11+.